The van der Waals surface area contributed by atoms with Gasteiger partial charge in [0.25, 0.3) is 5.56 Å². The normalized spacial score (nSPS) is 15.7. The molecule has 3 heterocycles. The van der Waals surface area contributed by atoms with E-state index in [1.54, 1.807) is 7.05 Å². The number of nitrogens with zero attached hydrogens (tertiary/aromatic N) is 5. The Hall–Kier alpha value is -3.13. The first kappa shape index (κ1) is 18.2. The molecule has 0 bridgehead atoms. The molecule has 1 aliphatic rings. The Kier molecular flexibility index (Phi) is 4.87. The highest BCUT2D eigenvalue weighted by molar-refractivity contribution is 5.73. The van der Waals surface area contributed by atoms with Crippen molar-refractivity contribution < 1.29 is 0 Å². The second kappa shape index (κ2) is 7.47. The first-order valence-electron chi connectivity index (χ1n) is 9.39. The minimum atomic E-state index is -0.370. The molecule has 1 N–H and O–H groups in total. The van der Waals surface area contributed by atoms with Crippen LogP contribution in [0.1, 0.15) is 5.56 Å². The molecule has 0 unspecified atom stereocenters. The van der Waals surface area contributed by atoms with Gasteiger partial charge in [-0.25, -0.2) is 4.79 Å². The molecule has 8 heteroatoms. The predicted molar refractivity (Wildman–Crippen MR) is 111 cm³/mol. The van der Waals surface area contributed by atoms with Crippen molar-refractivity contribution in [2.24, 2.45) is 14.1 Å². The van der Waals surface area contributed by atoms with E-state index in [4.69, 9.17) is 0 Å². The topological polar surface area (TPSA) is 79.2 Å². The molecule has 1 aliphatic heterocycles. The summed E-state index contributed by atoms with van der Waals surface area (Å²) in [5, 5.41) is 0. The molecule has 0 radical (unpaired) electrons. The van der Waals surface area contributed by atoms with Gasteiger partial charge in [0.1, 0.15) is 0 Å². The molecule has 0 amide bonds. The van der Waals surface area contributed by atoms with Crippen LogP contribution in [0.15, 0.2) is 46.0 Å². The fourth-order valence-corrected chi connectivity index (χ4v) is 3.51. The molecule has 0 aliphatic carbocycles. The van der Waals surface area contributed by atoms with E-state index in [0.717, 1.165) is 37.3 Å². The number of nitrogens with one attached hydrogen (secondary N) is 1. The summed E-state index contributed by atoms with van der Waals surface area (Å²) in [6.07, 6.45) is 4.33. The molecule has 4 rings (SSSR count). The largest absolute Gasteiger partial charge is 0.340 e. The van der Waals surface area contributed by atoms with Crippen molar-refractivity contribution in [3.8, 4) is 0 Å². The van der Waals surface area contributed by atoms with E-state index >= 15 is 0 Å². The Bertz CT molecular complexity index is 1120. The fraction of sp³-hybridized carbons (Fsp3) is 0.350. The number of aromatic nitrogens is 4. The highest BCUT2D eigenvalue weighted by Gasteiger charge is 2.21. The number of benzene rings is 1. The van der Waals surface area contributed by atoms with Crippen LogP contribution in [0.5, 0.6) is 0 Å². The van der Waals surface area contributed by atoms with Crippen LogP contribution in [-0.4, -0.2) is 56.7 Å². The molecule has 3 aromatic rings. The Morgan fingerprint density at radius 2 is 1.75 bits per heavy atom. The lowest BCUT2D eigenvalue weighted by Gasteiger charge is -2.33. The number of imidazole rings is 1. The Labute approximate surface area is 162 Å². The van der Waals surface area contributed by atoms with Crippen molar-refractivity contribution in [3.05, 3.63) is 62.8 Å². The summed E-state index contributed by atoms with van der Waals surface area (Å²) in [5.41, 5.74) is 1.26. The third-order valence-corrected chi connectivity index (χ3v) is 5.23. The molecule has 0 spiro atoms. The van der Waals surface area contributed by atoms with Crippen molar-refractivity contribution in [2.75, 3.05) is 37.6 Å². The maximum atomic E-state index is 12.3. The van der Waals surface area contributed by atoms with Crippen molar-refractivity contribution in [1.29, 1.82) is 0 Å². The summed E-state index contributed by atoms with van der Waals surface area (Å²) in [4.78, 5) is 36.5. The van der Waals surface area contributed by atoms with Crippen LogP contribution >= 0.6 is 0 Å². The molecule has 0 saturated carbocycles. The lowest BCUT2D eigenvalue weighted by molar-refractivity contribution is 0.283. The molecule has 146 valence electrons. The fourth-order valence-electron chi connectivity index (χ4n) is 3.51. The van der Waals surface area contributed by atoms with Crippen LogP contribution < -0.4 is 16.1 Å². The lowest BCUT2D eigenvalue weighted by Crippen LogP contribution is -2.46. The zero-order valence-corrected chi connectivity index (χ0v) is 16.1. The van der Waals surface area contributed by atoms with Gasteiger partial charge in [0.2, 0.25) is 5.95 Å². The molecule has 1 fully saturated rings. The monoisotopic (exact) mass is 380 g/mol. The average molecular weight is 380 g/mol. The van der Waals surface area contributed by atoms with Gasteiger partial charge in [0.15, 0.2) is 11.2 Å². The van der Waals surface area contributed by atoms with Gasteiger partial charge in [-0.1, -0.05) is 42.5 Å². The minimum Gasteiger partial charge on any atom is -0.340 e. The second-order valence-electron chi connectivity index (χ2n) is 7.07. The number of aryl methyl sites for hydroxylation is 1. The van der Waals surface area contributed by atoms with Gasteiger partial charge in [0.05, 0.1) is 0 Å². The summed E-state index contributed by atoms with van der Waals surface area (Å²) in [7, 11) is 3.11. The van der Waals surface area contributed by atoms with E-state index in [1.165, 1.54) is 17.2 Å². The van der Waals surface area contributed by atoms with E-state index in [9.17, 15) is 9.59 Å². The maximum absolute atomic E-state index is 12.3. The molecule has 1 saturated heterocycles. The van der Waals surface area contributed by atoms with Crippen molar-refractivity contribution in [2.45, 2.75) is 0 Å². The number of piperazine rings is 1. The number of fused-ring (bicyclic) bond motifs is 1. The summed E-state index contributed by atoms with van der Waals surface area (Å²) in [6, 6.07) is 10.3. The highest BCUT2D eigenvalue weighted by atomic mass is 16.2. The molecule has 0 atom stereocenters. The van der Waals surface area contributed by atoms with Crippen LogP contribution in [0.3, 0.4) is 0 Å². The maximum Gasteiger partial charge on any atom is 0.332 e. The number of H-pyrrole nitrogens is 1. The van der Waals surface area contributed by atoms with Crippen molar-refractivity contribution >= 4 is 23.2 Å². The third-order valence-electron chi connectivity index (χ3n) is 5.23. The number of hydrogen-bond acceptors (Lipinski definition) is 5. The molecular formula is C20H24N6O2. The quantitative estimate of drug-likeness (QED) is 0.724. The number of rotatable bonds is 4. The first-order valence-corrected chi connectivity index (χ1v) is 9.39. The van der Waals surface area contributed by atoms with Crippen molar-refractivity contribution in [3.63, 3.8) is 0 Å². The molecule has 8 nitrogen and oxygen atoms in total. The zero-order valence-electron chi connectivity index (χ0n) is 16.1. The molecule has 28 heavy (non-hydrogen) atoms. The summed E-state index contributed by atoms with van der Waals surface area (Å²) in [5.74, 6) is 0.646. The van der Waals surface area contributed by atoms with E-state index < -0.39 is 0 Å². The third kappa shape index (κ3) is 3.38. The molecule has 2 aromatic heterocycles. The van der Waals surface area contributed by atoms with Gasteiger partial charge in [-0.05, 0) is 5.56 Å². The molecular weight excluding hydrogens is 356 g/mol. The number of anilines is 1. The summed E-state index contributed by atoms with van der Waals surface area (Å²) >= 11 is 0. The first-order chi connectivity index (χ1) is 13.5. The SMILES string of the molecule is Cn1c(=O)c2[nH]c(N3CCN(C/C=C/c4ccccc4)CC3)nc2n(C)c1=O. The van der Waals surface area contributed by atoms with E-state index in [0.29, 0.717) is 17.1 Å². The van der Waals surface area contributed by atoms with Gasteiger partial charge >= 0.3 is 5.69 Å². The summed E-state index contributed by atoms with van der Waals surface area (Å²) in [6.45, 7) is 4.35. The highest BCUT2D eigenvalue weighted by Crippen LogP contribution is 2.15. The van der Waals surface area contributed by atoms with E-state index in [2.05, 4.69) is 44.1 Å². The van der Waals surface area contributed by atoms with Gasteiger partial charge in [0, 0.05) is 46.8 Å². The van der Waals surface area contributed by atoms with Crippen LogP contribution in [0.2, 0.25) is 0 Å². The van der Waals surface area contributed by atoms with Crippen LogP contribution in [0, 0.1) is 0 Å². The predicted octanol–water partition coefficient (Wildman–Crippen LogP) is 0.796. The lowest BCUT2D eigenvalue weighted by atomic mass is 10.2. The Morgan fingerprint density at radius 3 is 2.46 bits per heavy atom. The van der Waals surface area contributed by atoms with Gasteiger partial charge in [-0.2, -0.15) is 4.98 Å². The van der Waals surface area contributed by atoms with E-state index in [-0.39, 0.29) is 11.2 Å². The zero-order chi connectivity index (χ0) is 19.7. The van der Waals surface area contributed by atoms with Gasteiger partial charge in [-0.15, -0.1) is 0 Å². The van der Waals surface area contributed by atoms with Gasteiger partial charge in [-0.3, -0.25) is 18.8 Å². The smallest absolute Gasteiger partial charge is 0.332 e. The second-order valence-corrected chi connectivity index (χ2v) is 7.07. The van der Waals surface area contributed by atoms with Crippen molar-refractivity contribution in [1.82, 2.24) is 24.0 Å². The number of hydrogen-bond donors (Lipinski definition) is 1. The van der Waals surface area contributed by atoms with Crippen LogP contribution in [-0.2, 0) is 14.1 Å². The Morgan fingerprint density at radius 1 is 1.04 bits per heavy atom. The van der Waals surface area contributed by atoms with Crippen LogP contribution in [0.4, 0.5) is 5.95 Å². The summed E-state index contributed by atoms with van der Waals surface area (Å²) < 4.78 is 2.50. The van der Waals surface area contributed by atoms with E-state index in [1.807, 2.05) is 18.2 Å². The molecule has 1 aromatic carbocycles. The minimum absolute atomic E-state index is 0.346. The number of aromatic amines is 1. The van der Waals surface area contributed by atoms with Gasteiger partial charge < -0.3 is 9.88 Å². The standard InChI is InChI=1S/C20H24N6O2/c1-23-17-16(18(27)24(2)20(23)28)21-19(22-17)26-13-11-25(12-14-26)10-6-9-15-7-4-3-5-8-15/h3-9H,10-14H2,1-2H3,(H,21,22)/b9-6+. The Balaban J connectivity index is 1.43. The average Bonchev–Trinajstić information content (AvgIpc) is 3.18. The van der Waals surface area contributed by atoms with Crippen LogP contribution in [0.25, 0.3) is 17.2 Å².